The number of halogens is 2. The van der Waals surface area contributed by atoms with E-state index in [-0.39, 0.29) is 5.75 Å². The summed E-state index contributed by atoms with van der Waals surface area (Å²) in [7, 11) is 0. The van der Waals surface area contributed by atoms with E-state index in [1.54, 1.807) is 18.2 Å². The predicted molar refractivity (Wildman–Crippen MR) is 94.3 cm³/mol. The predicted octanol–water partition coefficient (Wildman–Crippen LogP) is 6.22. The molecule has 0 fully saturated rings. The molecule has 4 aromatic rings. The van der Waals surface area contributed by atoms with Gasteiger partial charge in [-0.15, -0.1) is 11.3 Å². The summed E-state index contributed by atoms with van der Waals surface area (Å²) in [5, 5.41) is 11.1. The maximum atomic E-state index is 13.7. The van der Waals surface area contributed by atoms with Crippen LogP contribution in [0.3, 0.4) is 0 Å². The lowest BCUT2D eigenvalue weighted by Crippen LogP contribution is -1.85. The van der Waals surface area contributed by atoms with Crippen molar-refractivity contribution in [1.29, 1.82) is 0 Å². The van der Waals surface area contributed by atoms with Gasteiger partial charge in [0, 0.05) is 15.8 Å². The molecule has 0 bridgehead atoms. The van der Waals surface area contributed by atoms with Crippen molar-refractivity contribution in [2.45, 2.75) is 0 Å². The van der Waals surface area contributed by atoms with Crippen LogP contribution in [0, 0.1) is 11.6 Å². The first-order valence-electron chi connectivity index (χ1n) is 7.40. The molecule has 1 N–H and O–H groups in total. The molecule has 0 radical (unpaired) electrons. The SMILES string of the molecule is Oc1cccc2c(-c3ccccc3)c(-c3ccc(F)c(F)c3)sc12. The fraction of sp³-hybridized carbons (Fsp3) is 0. The number of fused-ring (bicyclic) bond motifs is 1. The van der Waals surface area contributed by atoms with Gasteiger partial charge >= 0.3 is 0 Å². The summed E-state index contributed by atoms with van der Waals surface area (Å²) < 4.78 is 27.7. The first kappa shape index (κ1) is 14.8. The number of hydrogen-bond acceptors (Lipinski definition) is 2. The van der Waals surface area contributed by atoms with E-state index >= 15 is 0 Å². The molecule has 0 aliphatic rings. The van der Waals surface area contributed by atoms with Gasteiger partial charge in [-0.2, -0.15) is 0 Å². The Labute approximate surface area is 141 Å². The maximum absolute atomic E-state index is 13.7. The molecule has 3 aromatic carbocycles. The Bertz CT molecular complexity index is 1040. The maximum Gasteiger partial charge on any atom is 0.159 e. The van der Waals surface area contributed by atoms with Gasteiger partial charge in [0.15, 0.2) is 11.6 Å². The van der Waals surface area contributed by atoms with E-state index in [1.807, 2.05) is 36.4 Å². The Morgan fingerprint density at radius 3 is 2.29 bits per heavy atom. The summed E-state index contributed by atoms with van der Waals surface area (Å²) in [5.41, 5.74) is 2.47. The van der Waals surface area contributed by atoms with Crippen molar-refractivity contribution in [3.63, 3.8) is 0 Å². The minimum atomic E-state index is -0.881. The van der Waals surface area contributed by atoms with Gasteiger partial charge in [-0.3, -0.25) is 0 Å². The second kappa shape index (κ2) is 5.73. The summed E-state index contributed by atoms with van der Waals surface area (Å²) in [6.07, 6.45) is 0. The molecule has 0 aliphatic heterocycles. The molecule has 24 heavy (non-hydrogen) atoms. The quantitative estimate of drug-likeness (QED) is 0.460. The van der Waals surface area contributed by atoms with Crippen LogP contribution in [0.4, 0.5) is 8.78 Å². The molecule has 0 spiro atoms. The topological polar surface area (TPSA) is 20.2 Å². The molecule has 0 atom stereocenters. The van der Waals surface area contributed by atoms with Crippen LogP contribution in [0.15, 0.2) is 66.7 Å². The van der Waals surface area contributed by atoms with Crippen molar-refractivity contribution in [3.05, 3.63) is 78.4 Å². The number of phenols is 1. The molecule has 1 nitrogen and oxygen atoms in total. The Kier molecular flexibility index (Phi) is 3.54. The zero-order valence-corrected chi connectivity index (χ0v) is 13.3. The van der Waals surface area contributed by atoms with E-state index in [9.17, 15) is 13.9 Å². The Morgan fingerprint density at radius 2 is 1.54 bits per heavy atom. The molecule has 0 aliphatic carbocycles. The van der Waals surface area contributed by atoms with Crippen LogP contribution < -0.4 is 0 Å². The lowest BCUT2D eigenvalue weighted by atomic mass is 9.99. The first-order chi connectivity index (χ1) is 11.6. The highest BCUT2D eigenvalue weighted by Crippen LogP contribution is 2.47. The molecule has 1 aromatic heterocycles. The van der Waals surface area contributed by atoms with Crippen molar-refractivity contribution in [1.82, 2.24) is 0 Å². The van der Waals surface area contributed by atoms with Gasteiger partial charge in [0.05, 0.1) is 4.70 Å². The van der Waals surface area contributed by atoms with Crippen molar-refractivity contribution in [2.75, 3.05) is 0 Å². The highest BCUT2D eigenvalue weighted by Gasteiger charge is 2.18. The van der Waals surface area contributed by atoms with E-state index in [2.05, 4.69) is 0 Å². The Morgan fingerprint density at radius 1 is 0.750 bits per heavy atom. The van der Waals surface area contributed by atoms with Gasteiger partial charge in [0.25, 0.3) is 0 Å². The van der Waals surface area contributed by atoms with Gasteiger partial charge in [-0.05, 0) is 29.3 Å². The van der Waals surface area contributed by atoms with Crippen LogP contribution in [0.25, 0.3) is 31.7 Å². The number of phenolic OH excluding ortho intramolecular Hbond substituents is 1. The summed E-state index contributed by atoms with van der Waals surface area (Å²) in [5.74, 6) is -1.57. The van der Waals surface area contributed by atoms with Crippen molar-refractivity contribution >= 4 is 21.4 Å². The molecule has 1 heterocycles. The molecule has 118 valence electrons. The molecule has 0 amide bonds. The van der Waals surface area contributed by atoms with Crippen molar-refractivity contribution in [3.8, 4) is 27.3 Å². The summed E-state index contributed by atoms with van der Waals surface area (Å²) in [6, 6.07) is 18.9. The third-order valence-electron chi connectivity index (χ3n) is 3.94. The third kappa shape index (κ3) is 2.36. The normalized spacial score (nSPS) is 11.1. The largest absolute Gasteiger partial charge is 0.506 e. The summed E-state index contributed by atoms with van der Waals surface area (Å²) in [4.78, 5) is 0.802. The van der Waals surface area contributed by atoms with E-state index in [0.29, 0.717) is 5.56 Å². The highest BCUT2D eigenvalue weighted by atomic mass is 32.1. The monoisotopic (exact) mass is 338 g/mol. The van der Waals surface area contributed by atoms with E-state index in [1.165, 1.54) is 17.4 Å². The average molecular weight is 338 g/mol. The van der Waals surface area contributed by atoms with Gasteiger partial charge in [0.1, 0.15) is 5.75 Å². The summed E-state index contributed by atoms with van der Waals surface area (Å²) in [6.45, 7) is 0. The molecule has 4 heteroatoms. The van der Waals surface area contributed by atoms with Crippen LogP contribution in [0.5, 0.6) is 5.75 Å². The Balaban J connectivity index is 2.08. The van der Waals surface area contributed by atoms with Crippen molar-refractivity contribution in [2.24, 2.45) is 0 Å². The fourth-order valence-electron chi connectivity index (χ4n) is 2.84. The Hall–Kier alpha value is -2.72. The second-order valence-corrected chi connectivity index (χ2v) is 6.48. The number of hydrogen-bond donors (Lipinski definition) is 1. The zero-order valence-electron chi connectivity index (χ0n) is 12.5. The van der Waals surface area contributed by atoms with Gasteiger partial charge in [0.2, 0.25) is 0 Å². The van der Waals surface area contributed by atoms with E-state index < -0.39 is 11.6 Å². The number of thiophene rings is 1. The molecule has 0 saturated heterocycles. The first-order valence-corrected chi connectivity index (χ1v) is 8.22. The standard InChI is InChI=1S/C20H12F2OS/c21-15-10-9-13(11-16(15)22)19-18(12-5-2-1-3-6-12)14-7-4-8-17(23)20(14)24-19/h1-11,23H. The van der Waals surface area contributed by atoms with Crippen molar-refractivity contribution < 1.29 is 13.9 Å². The molecular formula is C20H12F2OS. The molecule has 0 unspecified atom stereocenters. The minimum Gasteiger partial charge on any atom is -0.506 e. The van der Waals surface area contributed by atoms with Crippen LogP contribution in [-0.4, -0.2) is 5.11 Å². The number of rotatable bonds is 2. The van der Waals surface area contributed by atoms with Crippen LogP contribution in [-0.2, 0) is 0 Å². The smallest absolute Gasteiger partial charge is 0.159 e. The minimum absolute atomic E-state index is 0.184. The average Bonchev–Trinajstić information content (AvgIpc) is 2.99. The second-order valence-electron chi connectivity index (χ2n) is 5.45. The van der Waals surface area contributed by atoms with E-state index in [0.717, 1.165) is 32.2 Å². The van der Waals surface area contributed by atoms with Crippen LogP contribution in [0.1, 0.15) is 0 Å². The number of benzene rings is 3. The zero-order chi connectivity index (χ0) is 16.7. The highest BCUT2D eigenvalue weighted by molar-refractivity contribution is 7.23. The van der Waals surface area contributed by atoms with Gasteiger partial charge in [-0.25, -0.2) is 8.78 Å². The molecule has 4 rings (SSSR count). The lowest BCUT2D eigenvalue weighted by Gasteiger charge is -2.06. The molecular weight excluding hydrogens is 326 g/mol. The van der Waals surface area contributed by atoms with E-state index in [4.69, 9.17) is 0 Å². The number of aromatic hydroxyl groups is 1. The fourth-order valence-corrected chi connectivity index (χ4v) is 4.07. The van der Waals surface area contributed by atoms with Gasteiger partial charge in [-0.1, -0.05) is 48.5 Å². The van der Waals surface area contributed by atoms with Crippen LogP contribution >= 0.6 is 11.3 Å². The lowest BCUT2D eigenvalue weighted by molar-refractivity contribution is 0.482. The summed E-state index contributed by atoms with van der Waals surface area (Å²) >= 11 is 1.37. The third-order valence-corrected chi connectivity index (χ3v) is 5.22. The molecule has 0 saturated carbocycles. The van der Waals surface area contributed by atoms with Crippen LogP contribution in [0.2, 0.25) is 0 Å². The van der Waals surface area contributed by atoms with Gasteiger partial charge < -0.3 is 5.11 Å².